The van der Waals surface area contributed by atoms with Crippen molar-refractivity contribution in [2.45, 2.75) is 57.8 Å². The van der Waals surface area contributed by atoms with Crippen molar-refractivity contribution in [2.75, 3.05) is 0 Å². The number of aliphatic carboxylic acids is 2. The van der Waals surface area contributed by atoms with Gasteiger partial charge in [0.05, 0.1) is 18.8 Å². The van der Waals surface area contributed by atoms with Crippen LogP contribution in [0.4, 0.5) is 0 Å². The molecule has 8 N–H and O–H groups in total. The highest BCUT2D eigenvalue weighted by Gasteiger charge is 2.32. The molecule has 0 aromatic carbocycles. The van der Waals surface area contributed by atoms with Crippen LogP contribution in [0.25, 0.3) is 0 Å². The van der Waals surface area contributed by atoms with E-state index in [9.17, 15) is 29.1 Å². The molecule has 0 fully saturated rings. The number of carboxylic acid groups (broad SMARTS) is 2. The quantitative estimate of drug-likeness (QED) is 0.190. The lowest BCUT2D eigenvalue weighted by atomic mass is 10.0. The number of carbonyl (C=O) groups is 5. The fourth-order valence-corrected chi connectivity index (χ4v) is 2.55. The number of aromatic nitrogens is 2. The molecule has 0 saturated carbocycles. The molecule has 1 aromatic rings. The van der Waals surface area contributed by atoms with Gasteiger partial charge in [-0.05, 0) is 12.8 Å². The van der Waals surface area contributed by atoms with Gasteiger partial charge in [-0.3, -0.25) is 19.2 Å². The number of H-pyrrole nitrogens is 1. The van der Waals surface area contributed by atoms with Gasteiger partial charge in [-0.2, -0.15) is 0 Å². The normalized spacial score (nSPS) is 14.7. The maximum Gasteiger partial charge on any atom is 0.326 e. The van der Waals surface area contributed by atoms with Crippen LogP contribution in [0, 0.1) is 5.92 Å². The molecule has 0 aliphatic carbocycles. The molecule has 1 aromatic heterocycles. The summed E-state index contributed by atoms with van der Waals surface area (Å²) in [5.74, 6) is -5.53. The number of carboxylic acids is 2. The van der Waals surface area contributed by atoms with Crippen LogP contribution >= 0.6 is 0 Å². The number of rotatable bonds is 12. The second-order valence-electron chi connectivity index (χ2n) is 7.36. The molecule has 0 spiro atoms. The summed E-state index contributed by atoms with van der Waals surface area (Å²) >= 11 is 0. The van der Waals surface area contributed by atoms with Gasteiger partial charge in [0.2, 0.25) is 17.7 Å². The van der Waals surface area contributed by atoms with E-state index in [0.717, 1.165) is 0 Å². The van der Waals surface area contributed by atoms with Gasteiger partial charge in [-0.1, -0.05) is 13.8 Å². The van der Waals surface area contributed by atoms with Crippen LogP contribution in [0.1, 0.15) is 32.9 Å². The molecule has 1 heterocycles. The molecule has 0 aliphatic rings. The highest BCUT2D eigenvalue weighted by atomic mass is 16.4. The fourth-order valence-electron chi connectivity index (χ4n) is 2.55. The number of carbonyl (C=O) groups excluding carboxylic acids is 3. The molecular weight excluding hydrogens is 412 g/mol. The number of nitrogens with one attached hydrogen (secondary N) is 4. The number of nitrogens with two attached hydrogens (primary N) is 1. The maximum absolute atomic E-state index is 12.7. The molecule has 0 bridgehead atoms. The van der Waals surface area contributed by atoms with Gasteiger partial charge in [-0.25, -0.2) is 9.78 Å². The van der Waals surface area contributed by atoms with E-state index in [0.29, 0.717) is 5.69 Å². The zero-order chi connectivity index (χ0) is 23.7. The Morgan fingerprint density at radius 2 is 1.61 bits per heavy atom. The van der Waals surface area contributed by atoms with Crippen molar-refractivity contribution >= 4 is 29.7 Å². The minimum Gasteiger partial charge on any atom is -0.481 e. The maximum atomic E-state index is 12.7. The number of imidazole rings is 1. The predicted octanol–water partition coefficient (Wildman–Crippen LogP) is -2.03. The molecule has 31 heavy (non-hydrogen) atoms. The van der Waals surface area contributed by atoms with Crippen LogP contribution < -0.4 is 21.7 Å². The van der Waals surface area contributed by atoms with E-state index in [1.807, 2.05) is 0 Å². The van der Waals surface area contributed by atoms with Crippen LogP contribution in [0.15, 0.2) is 12.5 Å². The minimum atomic E-state index is -1.47. The first-order valence-corrected chi connectivity index (χ1v) is 9.50. The summed E-state index contributed by atoms with van der Waals surface area (Å²) in [5.41, 5.74) is 5.92. The van der Waals surface area contributed by atoms with Crippen LogP contribution in [0.3, 0.4) is 0 Å². The van der Waals surface area contributed by atoms with E-state index in [1.54, 1.807) is 13.8 Å². The van der Waals surface area contributed by atoms with E-state index in [1.165, 1.54) is 19.4 Å². The Kier molecular flexibility index (Phi) is 9.60. The van der Waals surface area contributed by atoms with Crippen LogP contribution in [0.2, 0.25) is 0 Å². The Bertz CT molecular complexity index is 793. The summed E-state index contributed by atoms with van der Waals surface area (Å²) in [7, 11) is 0. The molecule has 13 heteroatoms. The molecule has 172 valence electrons. The van der Waals surface area contributed by atoms with Crippen molar-refractivity contribution in [3.63, 3.8) is 0 Å². The van der Waals surface area contributed by atoms with Crippen molar-refractivity contribution in [2.24, 2.45) is 11.7 Å². The summed E-state index contributed by atoms with van der Waals surface area (Å²) in [6.07, 6.45) is 1.99. The number of hydrogen-bond acceptors (Lipinski definition) is 7. The van der Waals surface area contributed by atoms with E-state index < -0.39 is 66.2 Å². The monoisotopic (exact) mass is 440 g/mol. The molecule has 3 amide bonds. The number of nitrogens with zero attached hydrogens (tertiary/aromatic N) is 1. The van der Waals surface area contributed by atoms with Gasteiger partial charge in [0, 0.05) is 18.3 Å². The van der Waals surface area contributed by atoms with Crippen molar-refractivity contribution in [1.29, 1.82) is 0 Å². The molecule has 0 aliphatic heterocycles. The summed E-state index contributed by atoms with van der Waals surface area (Å²) in [6, 6.07) is -4.92. The van der Waals surface area contributed by atoms with Gasteiger partial charge in [0.15, 0.2) is 0 Å². The molecule has 13 nitrogen and oxygen atoms in total. The van der Waals surface area contributed by atoms with Crippen molar-refractivity contribution in [3.8, 4) is 0 Å². The second kappa shape index (κ2) is 11.6. The molecule has 1 rings (SSSR count). The SMILES string of the molecule is CC(N)C(=O)NC(CC(=O)O)C(=O)NC(C(=O)NC(Cc1cnc[nH]1)C(=O)O)C(C)C. The number of hydrogen-bond donors (Lipinski definition) is 7. The summed E-state index contributed by atoms with van der Waals surface area (Å²) < 4.78 is 0. The Labute approximate surface area is 178 Å². The predicted molar refractivity (Wildman–Crippen MR) is 106 cm³/mol. The second-order valence-corrected chi connectivity index (χ2v) is 7.36. The molecule has 4 unspecified atom stereocenters. The topological polar surface area (TPSA) is 217 Å². The van der Waals surface area contributed by atoms with Gasteiger partial charge < -0.3 is 36.9 Å². The van der Waals surface area contributed by atoms with Crippen LogP contribution in [-0.4, -0.2) is 74.0 Å². The number of amides is 3. The van der Waals surface area contributed by atoms with Crippen molar-refractivity contribution in [3.05, 3.63) is 18.2 Å². The van der Waals surface area contributed by atoms with E-state index in [4.69, 9.17) is 10.8 Å². The highest BCUT2D eigenvalue weighted by molar-refractivity contribution is 5.95. The smallest absolute Gasteiger partial charge is 0.326 e. The first-order chi connectivity index (χ1) is 14.4. The number of aromatic amines is 1. The third-order valence-corrected chi connectivity index (χ3v) is 4.27. The lowest BCUT2D eigenvalue weighted by Gasteiger charge is -2.26. The van der Waals surface area contributed by atoms with E-state index >= 15 is 0 Å². The Hall–Kier alpha value is -3.48. The minimum absolute atomic E-state index is 0.0636. The summed E-state index contributed by atoms with van der Waals surface area (Å²) in [6.45, 7) is 4.59. The molecule has 0 saturated heterocycles. The highest BCUT2D eigenvalue weighted by Crippen LogP contribution is 2.06. The average Bonchev–Trinajstić information content (AvgIpc) is 3.16. The van der Waals surface area contributed by atoms with Gasteiger partial charge in [0.25, 0.3) is 0 Å². The third kappa shape index (κ3) is 8.42. The van der Waals surface area contributed by atoms with Gasteiger partial charge in [-0.15, -0.1) is 0 Å². The van der Waals surface area contributed by atoms with Gasteiger partial charge >= 0.3 is 11.9 Å². The molecule has 4 atom stereocenters. The summed E-state index contributed by atoms with van der Waals surface area (Å²) in [5, 5.41) is 25.4. The third-order valence-electron chi connectivity index (χ3n) is 4.27. The average molecular weight is 440 g/mol. The van der Waals surface area contributed by atoms with Gasteiger partial charge in [0.1, 0.15) is 18.1 Å². The fraction of sp³-hybridized carbons (Fsp3) is 0.556. The first-order valence-electron chi connectivity index (χ1n) is 9.50. The van der Waals surface area contributed by atoms with Crippen molar-refractivity contribution in [1.82, 2.24) is 25.9 Å². The van der Waals surface area contributed by atoms with Crippen LogP contribution in [-0.2, 0) is 30.4 Å². The largest absolute Gasteiger partial charge is 0.481 e. The zero-order valence-corrected chi connectivity index (χ0v) is 17.4. The molecule has 0 radical (unpaired) electrons. The van der Waals surface area contributed by atoms with Crippen LogP contribution in [0.5, 0.6) is 0 Å². The lowest BCUT2D eigenvalue weighted by Crippen LogP contribution is -2.58. The Balaban J connectivity index is 2.92. The summed E-state index contributed by atoms with van der Waals surface area (Å²) in [4.78, 5) is 66.2. The van der Waals surface area contributed by atoms with Crippen molar-refractivity contribution < 1.29 is 34.2 Å². The Morgan fingerprint density at radius 3 is 2.06 bits per heavy atom. The zero-order valence-electron chi connectivity index (χ0n) is 17.4. The molecular formula is C18H28N6O7. The van der Waals surface area contributed by atoms with E-state index in [-0.39, 0.29) is 6.42 Å². The van der Waals surface area contributed by atoms with E-state index in [2.05, 4.69) is 25.9 Å². The Morgan fingerprint density at radius 1 is 1.00 bits per heavy atom. The standard InChI is InChI=1S/C18H28N6O7/c1-8(2)14(17(29)23-12(18(30)31)4-10-6-20-7-21-10)24-16(28)11(5-13(25)26)22-15(27)9(3)19/h6-9,11-12,14H,4-5,19H2,1-3H3,(H,20,21)(H,22,27)(H,23,29)(H,24,28)(H,25,26)(H,30,31). The lowest BCUT2D eigenvalue weighted by molar-refractivity contribution is -0.143. The first kappa shape index (κ1) is 25.6.